The van der Waals surface area contributed by atoms with Gasteiger partial charge in [0, 0.05) is 16.4 Å². The largest absolute Gasteiger partial charge is 0.321 e. The van der Waals surface area contributed by atoms with Crippen LogP contribution in [-0.2, 0) is 0 Å². The fourth-order valence-corrected chi connectivity index (χ4v) is 2.54. The smallest absolute Gasteiger partial charge is 0.275 e. The van der Waals surface area contributed by atoms with Gasteiger partial charge in [-0.3, -0.25) is 9.78 Å². The van der Waals surface area contributed by atoms with Crippen LogP contribution in [0.25, 0.3) is 10.8 Å². The Bertz CT molecular complexity index is 815. The zero-order valence-electron chi connectivity index (χ0n) is 11.3. The van der Waals surface area contributed by atoms with E-state index in [1.54, 1.807) is 6.20 Å². The molecule has 0 saturated heterocycles. The van der Waals surface area contributed by atoms with Gasteiger partial charge >= 0.3 is 0 Å². The Morgan fingerprint density at radius 1 is 1.14 bits per heavy atom. The van der Waals surface area contributed by atoms with Gasteiger partial charge in [-0.05, 0) is 35.9 Å². The lowest BCUT2D eigenvalue weighted by Crippen LogP contribution is -2.14. The van der Waals surface area contributed by atoms with Crippen molar-refractivity contribution in [1.82, 2.24) is 9.97 Å². The molecule has 0 aliphatic rings. The van der Waals surface area contributed by atoms with E-state index in [-0.39, 0.29) is 5.91 Å². The highest BCUT2D eigenvalue weighted by Gasteiger charge is 2.08. The normalized spacial score (nSPS) is 10.6. The van der Waals surface area contributed by atoms with Crippen molar-refractivity contribution < 1.29 is 4.79 Å². The number of aromatic nitrogens is 2. The summed E-state index contributed by atoms with van der Waals surface area (Å²) in [6, 6.07) is 11.7. The van der Waals surface area contributed by atoms with E-state index in [0.29, 0.717) is 5.69 Å². The average molecular weight is 342 g/mol. The van der Waals surface area contributed by atoms with Crippen molar-refractivity contribution >= 4 is 38.3 Å². The Kier molecular flexibility index (Phi) is 3.66. The molecule has 3 rings (SSSR count). The minimum atomic E-state index is -0.267. The predicted molar refractivity (Wildman–Crippen MR) is 86.4 cm³/mol. The molecule has 21 heavy (non-hydrogen) atoms. The molecule has 0 atom stereocenters. The number of benzene rings is 2. The topological polar surface area (TPSA) is 54.9 Å². The summed E-state index contributed by atoms with van der Waals surface area (Å²) in [5.41, 5.74) is 1.81. The Balaban J connectivity index is 1.88. The van der Waals surface area contributed by atoms with E-state index in [1.165, 1.54) is 6.20 Å². The molecule has 3 aromatic rings. The van der Waals surface area contributed by atoms with Crippen LogP contribution < -0.4 is 5.32 Å². The van der Waals surface area contributed by atoms with Crippen molar-refractivity contribution in [3.05, 3.63) is 64.7 Å². The molecule has 2 aromatic carbocycles. The van der Waals surface area contributed by atoms with Crippen molar-refractivity contribution in [2.24, 2.45) is 0 Å². The van der Waals surface area contributed by atoms with Crippen molar-refractivity contribution in [3.63, 3.8) is 0 Å². The molecule has 0 spiro atoms. The van der Waals surface area contributed by atoms with Gasteiger partial charge in [0.25, 0.3) is 5.91 Å². The molecule has 0 fully saturated rings. The number of nitrogens with zero attached hydrogens (tertiary/aromatic N) is 2. The molecule has 1 heterocycles. The van der Waals surface area contributed by atoms with Crippen LogP contribution in [-0.4, -0.2) is 15.9 Å². The van der Waals surface area contributed by atoms with Gasteiger partial charge < -0.3 is 5.32 Å². The number of nitrogens with one attached hydrogen (secondary N) is 1. The molecule has 0 saturated carbocycles. The lowest BCUT2D eigenvalue weighted by molar-refractivity contribution is 0.102. The van der Waals surface area contributed by atoms with Crippen LogP contribution in [0.2, 0.25) is 0 Å². The molecule has 0 aliphatic carbocycles. The van der Waals surface area contributed by atoms with Gasteiger partial charge in [-0.15, -0.1) is 0 Å². The molecule has 1 aromatic heterocycles. The number of amides is 1. The van der Waals surface area contributed by atoms with Crippen molar-refractivity contribution in [2.75, 3.05) is 5.32 Å². The fourth-order valence-electron chi connectivity index (χ4n) is 2.03. The van der Waals surface area contributed by atoms with E-state index in [2.05, 4.69) is 31.2 Å². The van der Waals surface area contributed by atoms with Crippen molar-refractivity contribution in [2.45, 2.75) is 6.92 Å². The summed E-state index contributed by atoms with van der Waals surface area (Å²) in [5.74, 6) is -0.267. The number of carbonyl (C=O) groups excluding carboxylic acids is 1. The Morgan fingerprint density at radius 2 is 2.00 bits per heavy atom. The molecule has 4 nitrogen and oxygen atoms in total. The van der Waals surface area contributed by atoms with Gasteiger partial charge in [-0.2, -0.15) is 0 Å². The highest BCUT2D eigenvalue weighted by molar-refractivity contribution is 9.10. The standard InChI is InChI=1S/C16H12BrN3O/c1-10-8-19-15(9-18-10)16(21)20-12-5-6-13-11(7-12)3-2-4-14(13)17/h2-9H,1H3,(H,20,21). The molecular formula is C16H12BrN3O. The van der Waals surface area contributed by atoms with Crippen LogP contribution in [0.4, 0.5) is 5.69 Å². The zero-order chi connectivity index (χ0) is 14.8. The zero-order valence-corrected chi connectivity index (χ0v) is 12.9. The second kappa shape index (κ2) is 5.61. The van der Waals surface area contributed by atoms with Gasteiger partial charge in [0.15, 0.2) is 0 Å². The monoisotopic (exact) mass is 341 g/mol. The lowest BCUT2D eigenvalue weighted by atomic mass is 10.1. The number of carbonyl (C=O) groups is 1. The molecule has 0 aliphatic heterocycles. The highest BCUT2D eigenvalue weighted by Crippen LogP contribution is 2.26. The molecule has 104 valence electrons. The van der Waals surface area contributed by atoms with Gasteiger partial charge in [0.05, 0.1) is 11.9 Å². The van der Waals surface area contributed by atoms with Crippen LogP contribution in [0.1, 0.15) is 16.2 Å². The SMILES string of the molecule is Cc1cnc(C(=O)Nc2ccc3c(Br)cccc3c2)cn1. The number of aryl methyl sites for hydroxylation is 1. The lowest BCUT2D eigenvalue weighted by Gasteiger charge is -2.07. The second-order valence-electron chi connectivity index (χ2n) is 4.67. The van der Waals surface area contributed by atoms with E-state index in [9.17, 15) is 4.79 Å². The van der Waals surface area contributed by atoms with E-state index < -0.39 is 0 Å². The van der Waals surface area contributed by atoms with E-state index >= 15 is 0 Å². The van der Waals surface area contributed by atoms with E-state index in [1.807, 2.05) is 43.3 Å². The minimum absolute atomic E-state index is 0.267. The van der Waals surface area contributed by atoms with Gasteiger partial charge in [-0.25, -0.2) is 4.98 Å². The van der Waals surface area contributed by atoms with Gasteiger partial charge in [0.1, 0.15) is 5.69 Å². The number of anilines is 1. The van der Waals surface area contributed by atoms with Gasteiger partial charge in [0.2, 0.25) is 0 Å². The number of fused-ring (bicyclic) bond motifs is 1. The predicted octanol–water partition coefficient (Wildman–Crippen LogP) is 3.95. The van der Waals surface area contributed by atoms with Crippen LogP contribution in [0.5, 0.6) is 0 Å². The fraction of sp³-hybridized carbons (Fsp3) is 0.0625. The summed E-state index contributed by atoms with van der Waals surface area (Å²) in [6.07, 6.45) is 3.05. The minimum Gasteiger partial charge on any atom is -0.321 e. The summed E-state index contributed by atoms with van der Waals surface area (Å²) in [7, 11) is 0. The Hall–Kier alpha value is -2.27. The third-order valence-corrected chi connectivity index (χ3v) is 3.79. The van der Waals surface area contributed by atoms with Crippen molar-refractivity contribution in [3.8, 4) is 0 Å². The van der Waals surface area contributed by atoms with Crippen LogP contribution >= 0.6 is 15.9 Å². The highest BCUT2D eigenvalue weighted by atomic mass is 79.9. The molecule has 0 unspecified atom stereocenters. The summed E-state index contributed by atoms with van der Waals surface area (Å²) in [4.78, 5) is 20.2. The molecule has 5 heteroatoms. The maximum Gasteiger partial charge on any atom is 0.275 e. The first kappa shape index (κ1) is 13.7. The van der Waals surface area contributed by atoms with E-state index in [4.69, 9.17) is 0 Å². The summed E-state index contributed by atoms with van der Waals surface area (Å²) in [6.45, 7) is 1.83. The third kappa shape index (κ3) is 2.92. The molecular weight excluding hydrogens is 330 g/mol. The van der Waals surface area contributed by atoms with Crippen LogP contribution in [0.15, 0.2) is 53.3 Å². The number of hydrogen-bond acceptors (Lipinski definition) is 3. The third-order valence-electron chi connectivity index (χ3n) is 3.10. The Morgan fingerprint density at radius 3 is 2.76 bits per heavy atom. The number of rotatable bonds is 2. The van der Waals surface area contributed by atoms with Gasteiger partial charge in [-0.1, -0.05) is 34.1 Å². The number of halogens is 1. The maximum absolute atomic E-state index is 12.1. The molecule has 0 bridgehead atoms. The summed E-state index contributed by atoms with van der Waals surface area (Å²) in [5, 5.41) is 4.99. The maximum atomic E-state index is 12.1. The molecule has 1 N–H and O–H groups in total. The first-order valence-electron chi connectivity index (χ1n) is 6.42. The summed E-state index contributed by atoms with van der Waals surface area (Å²) >= 11 is 3.51. The Labute approximate surface area is 130 Å². The quantitative estimate of drug-likeness (QED) is 0.767. The first-order chi connectivity index (χ1) is 10.1. The van der Waals surface area contributed by atoms with Crippen molar-refractivity contribution in [1.29, 1.82) is 0 Å². The van der Waals surface area contributed by atoms with Crippen LogP contribution in [0.3, 0.4) is 0 Å². The first-order valence-corrected chi connectivity index (χ1v) is 7.21. The molecule has 0 radical (unpaired) electrons. The average Bonchev–Trinajstić information content (AvgIpc) is 2.48. The van der Waals surface area contributed by atoms with E-state index in [0.717, 1.165) is 26.6 Å². The van der Waals surface area contributed by atoms with Crippen LogP contribution in [0, 0.1) is 6.92 Å². The summed E-state index contributed by atoms with van der Waals surface area (Å²) < 4.78 is 1.03. The molecule has 1 amide bonds. The number of hydrogen-bond donors (Lipinski definition) is 1. The second-order valence-corrected chi connectivity index (χ2v) is 5.53.